The summed E-state index contributed by atoms with van der Waals surface area (Å²) in [5.41, 5.74) is 5.04. The molecule has 26 heavy (non-hydrogen) atoms. The van der Waals surface area contributed by atoms with Crippen molar-refractivity contribution in [2.45, 2.75) is 38.8 Å². The van der Waals surface area contributed by atoms with E-state index in [1.54, 1.807) is 4.90 Å². The van der Waals surface area contributed by atoms with Crippen LogP contribution in [0.4, 0.5) is 0 Å². The molecule has 0 fully saturated rings. The van der Waals surface area contributed by atoms with Crippen LogP contribution in [-0.2, 0) is 22.6 Å². The molecule has 0 saturated carbocycles. The molecule has 0 spiro atoms. The van der Waals surface area contributed by atoms with Gasteiger partial charge in [0.15, 0.2) is 6.10 Å². The van der Waals surface area contributed by atoms with Crippen molar-refractivity contribution in [3.8, 4) is 5.75 Å². The second-order valence-corrected chi connectivity index (χ2v) is 7.16. The molecule has 2 aliphatic heterocycles. The van der Waals surface area contributed by atoms with Gasteiger partial charge in [-0.3, -0.25) is 9.59 Å². The summed E-state index contributed by atoms with van der Waals surface area (Å²) in [5.74, 6) is -0.982. The third kappa shape index (κ3) is 2.73. The van der Waals surface area contributed by atoms with E-state index in [1.807, 2.05) is 44.2 Å². The zero-order chi connectivity index (χ0) is 18.4. The zero-order valence-electron chi connectivity index (χ0n) is 14.9. The first-order valence-corrected chi connectivity index (χ1v) is 8.80. The predicted molar refractivity (Wildman–Crippen MR) is 96.3 cm³/mol. The van der Waals surface area contributed by atoms with Crippen LogP contribution < -0.4 is 4.74 Å². The third-order valence-corrected chi connectivity index (χ3v) is 5.43. The largest absolute Gasteiger partial charge is 0.481 e. The minimum atomic E-state index is -0.906. The van der Waals surface area contributed by atoms with Gasteiger partial charge in [0.1, 0.15) is 5.75 Å². The molecule has 0 aliphatic carbocycles. The van der Waals surface area contributed by atoms with Crippen LogP contribution >= 0.6 is 0 Å². The molecular formula is C21H21NO4. The number of carbonyl (C=O) groups excluding carboxylic acids is 1. The molecule has 0 radical (unpaired) electrons. The number of amides is 1. The van der Waals surface area contributed by atoms with Gasteiger partial charge in [-0.25, -0.2) is 0 Å². The molecule has 4 rings (SSSR count). The van der Waals surface area contributed by atoms with E-state index >= 15 is 0 Å². The van der Waals surface area contributed by atoms with Gasteiger partial charge in [-0.05, 0) is 47.7 Å². The fourth-order valence-corrected chi connectivity index (χ4v) is 3.84. The van der Waals surface area contributed by atoms with Gasteiger partial charge in [-0.15, -0.1) is 0 Å². The van der Waals surface area contributed by atoms with Crippen LogP contribution in [0.1, 0.15) is 33.7 Å². The quantitative estimate of drug-likeness (QED) is 0.903. The average Bonchev–Trinajstić information content (AvgIpc) is 3.03. The Morgan fingerprint density at radius 2 is 1.85 bits per heavy atom. The molecule has 0 saturated heterocycles. The lowest BCUT2D eigenvalue weighted by Crippen LogP contribution is -2.46. The molecule has 2 atom stereocenters. The number of rotatable bonds is 2. The van der Waals surface area contributed by atoms with Crippen molar-refractivity contribution in [3.05, 3.63) is 64.2 Å². The van der Waals surface area contributed by atoms with Gasteiger partial charge in [0.2, 0.25) is 0 Å². The van der Waals surface area contributed by atoms with Crippen molar-refractivity contribution in [2.75, 3.05) is 6.54 Å². The van der Waals surface area contributed by atoms with Crippen molar-refractivity contribution < 1.29 is 19.4 Å². The molecule has 1 amide bonds. The highest BCUT2D eigenvalue weighted by Crippen LogP contribution is 2.34. The van der Waals surface area contributed by atoms with Gasteiger partial charge in [0.25, 0.3) is 5.91 Å². The number of carboxylic acid groups (broad SMARTS) is 1. The van der Waals surface area contributed by atoms with E-state index in [0.29, 0.717) is 13.0 Å². The van der Waals surface area contributed by atoms with Gasteiger partial charge >= 0.3 is 5.97 Å². The number of fused-ring (bicyclic) bond motifs is 2. The first-order valence-electron chi connectivity index (χ1n) is 8.80. The lowest BCUT2D eigenvalue weighted by Gasteiger charge is -2.34. The van der Waals surface area contributed by atoms with Crippen molar-refractivity contribution in [1.29, 1.82) is 0 Å². The van der Waals surface area contributed by atoms with Crippen LogP contribution in [0.2, 0.25) is 0 Å². The van der Waals surface area contributed by atoms with E-state index < -0.39 is 18.0 Å². The van der Waals surface area contributed by atoms with Crippen LogP contribution in [0.3, 0.4) is 0 Å². The van der Waals surface area contributed by atoms with Gasteiger partial charge in [-0.2, -0.15) is 0 Å². The normalized spacial score (nSPS) is 20.9. The summed E-state index contributed by atoms with van der Waals surface area (Å²) in [5, 5.41) is 9.58. The molecule has 5 nitrogen and oxygen atoms in total. The van der Waals surface area contributed by atoms with E-state index in [0.717, 1.165) is 28.0 Å². The highest BCUT2D eigenvalue weighted by molar-refractivity contribution is 5.85. The number of ether oxygens (including phenoxy) is 1. The maximum absolute atomic E-state index is 13.0. The van der Waals surface area contributed by atoms with E-state index in [9.17, 15) is 14.7 Å². The average molecular weight is 351 g/mol. The van der Waals surface area contributed by atoms with E-state index in [-0.39, 0.29) is 12.5 Å². The van der Waals surface area contributed by atoms with Gasteiger partial charge in [0.05, 0.1) is 5.92 Å². The zero-order valence-corrected chi connectivity index (χ0v) is 14.9. The van der Waals surface area contributed by atoms with Gasteiger partial charge in [0, 0.05) is 19.5 Å². The molecule has 0 bridgehead atoms. The Morgan fingerprint density at radius 3 is 2.62 bits per heavy atom. The summed E-state index contributed by atoms with van der Waals surface area (Å²) < 4.78 is 5.90. The highest BCUT2D eigenvalue weighted by atomic mass is 16.5. The van der Waals surface area contributed by atoms with Crippen LogP contribution in [0.15, 0.2) is 36.4 Å². The summed E-state index contributed by atoms with van der Waals surface area (Å²) in [7, 11) is 0. The number of nitrogens with zero attached hydrogens (tertiary/aromatic N) is 1. The van der Waals surface area contributed by atoms with Crippen molar-refractivity contribution in [1.82, 2.24) is 4.90 Å². The predicted octanol–water partition coefficient (Wildman–Crippen LogP) is 2.82. The minimum absolute atomic E-state index is 0.141. The van der Waals surface area contributed by atoms with E-state index in [1.165, 1.54) is 5.56 Å². The maximum atomic E-state index is 13.0. The summed E-state index contributed by atoms with van der Waals surface area (Å²) in [6.07, 6.45) is -0.0450. The molecular weight excluding hydrogens is 330 g/mol. The van der Waals surface area contributed by atoms with E-state index in [4.69, 9.17) is 4.74 Å². The Labute approximate surface area is 152 Å². The second-order valence-electron chi connectivity index (χ2n) is 7.16. The monoisotopic (exact) mass is 351 g/mol. The van der Waals surface area contributed by atoms with Crippen molar-refractivity contribution in [2.24, 2.45) is 0 Å². The van der Waals surface area contributed by atoms with Crippen LogP contribution in [0.25, 0.3) is 0 Å². The maximum Gasteiger partial charge on any atom is 0.312 e. The third-order valence-electron chi connectivity index (χ3n) is 5.43. The fraction of sp³-hybridized carbons (Fsp3) is 0.333. The minimum Gasteiger partial charge on any atom is -0.481 e. The Morgan fingerprint density at radius 1 is 1.12 bits per heavy atom. The van der Waals surface area contributed by atoms with Crippen LogP contribution in [0.5, 0.6) is 5.75 Å². The lowest BCUT2D eigenvalue weighted by atomic mass is 9.89. The number of aliphatic carboxylic acids is 1. The van der Waals surface area contributed by atoms with Crippen LogP contribution in [0, 0.1) is 13.8 Å². The number of aryl methyl sites for hydroxylation is 2. The lowest BCUT2D eigenvalue weighted by molar-refractivity contribution is -0.143. The smallest absolute Gasteiger partial charge is 0.312 e. The number of hydrogen-bond acceptors (Lipinski definition) is 3. The Kier molecular flexibility index (Phi) is 3.94. The van der Waals surface area contributed by atoms with E-state index in [2.05, 4.69) is 6.07 Å². The molecule has 2 unspecified atom stereocenters. The standard InChI is InChI=1S/C21H21NO4/c1-12-7-15-9-19(26-18(15)8-13(12)2)20(23)22-10-14-5-3-4-6-16(14)17(11-22)21(24)25/h3-8,17,19H,9-11H2,1-2H3,(H,24,25). The van der Waals surface area contributed by atoms with Gasteiger partial charge < -0.3 is 14.7 Å². The van der Waals surface area contributed by atoms with Crippen molar-refractivity contribution >= 4 is 11.9 Å². The molecule has 0 aromatic heterocycles. The molecule has 2 aromatic carbocycles. The number of carboxylic acids is 1. The topological polar surface area (TPSA) is 66.8 Å². The summed E-state index contributed by atoms with van der Waals surface area (Å²) in [6, 6.07) is 11.5. The summed E-state index contributed by atoms with van der Waals surface area (Å²) in [6.45, 7) is 4.67. The number of carbonyl (C=O) groups is 2. The molecule has 1 N–H and O–H groups in total. The highest BCUT2D eigenvalue weighted by Gasteiger charge is 2.38. The molecule has 5 heteroatoms. The second kappa shape index (κ2) is 6.16. The first kappa shape index (κ1) is 16.6. The summed E-state index contributed by atoms with van der Waals surface area (Å²) in [4.78, 5) is 26.3. The molecule has 2 aromatic rings. The van der Waals surface area contributed by atoms with Crippen molar-refractivity contribution in [3.63, 3.8) is 0 Å². The van der Waals surface area contributed by atoms with Gasteiger partial charge in [-0.1, -0.05) is 30.3 Å². The fourth-order valence-electron chi connectivity index (χ4n) is 3.84. The molecule has 2 aliphatic rings. The Bertz CT molecular complexity index is 874. The first-order chi connectivity index (χ1) is 12.4. The number of benzene rings is 2. The Balaban J connectivity index is 1.57. The Hall–Kier alpha value is -2.82. The number of hydrogen-bond donors (Lipinski definition) is 1. The summed E-state index contributed by atoms with van der Waals surface area (Å²) >= 11 is 0. The molecule has 2 heterocycles. The SMILES string of the molecule is Cc1cc2c(cc1C)OC(C(=O)N1Cc3ccccc3C(C(=O)O)C1)C2. The molecule has 134 valence electrons. The van der Waals surface area contributed by atoms with Crippen LogP contribution in [-0.4, -0.2) is 34.5 Å².